The molecule has 0 aliphatic carbocycles. The molecule has 0 heterocycles. The van der Waals surface area contributed by atoms with Crippen LogP contribution < -0.4 is 5.32 Å². The van der Waals surface area contributed by atoms with Crippen LogP contribution in [0.2, 0.25) is 0 Å². The highest BCUT2D eigenvalue weighted by molar-refractivity contribution is 5.94. The second-order valence-electron chi connectivity index (χ2n) is 3.57. The maximum atomic E-state index is 13.5. The first-order valence-electron chi connectivity index (χ1n) is 5.50. The molecule has 0 unspecified atom stereocenters. The predicted octanol–water partition coefficient (Wildman–Crippen LogP) is 1.55. The van der Waals surface area contributed by atoms with Gasteiger partial charge in [-0.1, -0.05) is 11.8 Å². The molecule has 1 aromatic rings. The molecule has 0 saturated carbocycles. The Morgan fingerprint density at radius 1 is 1.42 bits per heavy atom. The van der Waals surface area contributed by atoms with Gasteiger partial charge in [0.25, 0.3) is 12.3 Å². The summed E-state index contributed by atoms with van der Waals surface area (Å²) in [6.45, 7) is -0.902. The maximum Gasteiger partial charge on any atom is 0.255 e. The molecule has 19 heavy (non-hydrogen) atoms. The molecule has 102 valence electrons. The molecule has 1 rings (SSSR count). The van der Waals surface area contributed by atoms with Gasteiger partial charge in [0, 0.05) is 12.0 Å². The number of benzene rings is 1. The van der Waals surface area contributed by atoms with E-state index < -0.39 is 24.7 Å². The van der Waals surface area contributed by atoms with Crippen molar-refractivity contribution in [3.05, 3.63) is 35.1 Å². The SMILES string of the molecule is O=C(NCC(F)F)c1ccc(C#CCCO)c(F)c1. The van der Waals surface area contributed by atoms with E-state index in [0.29, 0.717) is 0 Å². The minimum absolute atomic E-state index is 0.0501. The van der Waals surface area contributed by atoms with Gasteiger partial charge in [-0.3, -0.25) is 4.79 Å². The largest absolute Gasteiger partial charge is 0.395 e. The van der Waals surface area contributed by atoms with Crippen LogP contribution in [0.25, 0.3) is 0 Å². The summed E-state index contributed by atoms with van der Waals surface area (Å²) < 4.78 is 37.3. The number of rotatable bonds is 4. The van der Waals surface area contributed by atoms with Crippen molar-refractivity contribution in [2.24, 2.45) is 0 Å². The van der Waals surface area contributed by atoms with Crippen molar-refractivity contribution in [3.8, 4) is 11.8 Å². The Kier molecular flexibility index (Phi) is 5.90. The van der Waals surface area contributed by atoms with Crippen LogP contribution in [-0.2, 0) is 0 Å². The third-order valence-corrected chi connectivity index (χ3v) is 2.11. The minimum Gasteiger partial charge on any atom is -0.395 e. The first-order valence-corrected chi connectivity index (χ1v) is 5.50. The van der Waals surface area contributed by atoms with Crippen LogP contribution in [0.3, 0.4) is 0 Å². The van der Waals surface area contributed by atoms with Crippen LogP contribution >= 0.6 is 0 Å². The number of aliphatic hydroxyl groups is 1. The molecule has 0 atom stereocenters. The zero-order valence-electron chi connectivity index (χ0n) is 9.92. The Hall–Kier alpha value is -2.00. The van der Waals surface area contributed by atoms with Gasteiger partial charge in [0.05, 0.1) is 18.7 Å². The molecular formula is C13H12F3NO2. The van der Waals surface area contributed by atoms with Gasteiger partial charge in [0.1, 0.15) is 5.82 Å². The zero-order valence-corrected chi connectivity index (χ0v) is 9.92. The molecule has 1 aromatic carbocycles. The smallest absolute Gasteiger partial charge is 0.255 e. The van der Waals surface area contributed by atoms with E-state index in [1.807, 2.05) is 5.32 Å². The normalized spacial score (nSPS) is 9.95. The number of halogens is 3. The first kappa shape index (κ1) is 15.1. The predicted molar refractivity (Wildman–Crippen MR) is 63.3 cm³/mol. The third kappa shape index (κ3) is 5.02. The van der Waals surface area contributed by atoms with Gasteiger partial charge in [-0.25, -0.2) is 13.2 Å². The number of hydrogen-bond donors (Lipinski definition) is 2. The van der Waals surface area contributed by atoms with Crippen LogP contribution in [-0.4, -0.2) is 30.6 Å². The van der Waals surface area contributed by atoms with Gasteiger partial charge in [-0.15, -0.1) is 0 Å². The Bertz CT molecular complexity index is 506. The van der Waals surface area contributed by atoms with E-state index in [1.165, 1.54) is 12.1 Å². The molecule has 0 aromatic heterocycles. The van der Waals surface area contributed by atoms with E-state index in [0.717, 1.165) is 6.07 Å². The van der Waals surface area contributed by atoms with Crippen LogP contribution in [0.15, 0.2) is 18.2 Å². The molecule has 6 heteroatoms. The number of carbonyl (C=O) groups excluding carboxylic acids is 1. The summed E-state index contributed by atoms with van der Waals surface area (Å²) in [5.41, 5.74) is 0.0321. The van der Waals surface area contributed by atoms with E-state index in [4.69, 9.17) is 5.11 Å². The molecule has 1 amide bonds. The van der Waals surface area contributed by atoms with E-state index >= 15 is 0 Å². The summed E-state index contributed by atoms with van der Waals surface area (Å²) in [5.74, 6) is 3.55. The topological polar surface area (TPSA) is 49.3 Å². The number of hydrogen-bond acceptors (Lipinski definition) is 2. The summed E-state index contributed by atoms with van der Waals surface area (Å²) >= 11 is 0. The fourth-order valence-electron chi connectivity index (χ4n) is 1.24. The van der Waals surface area contributed by atoms with Crippen LogP contribution in [0.5, 0.6) is 0 Å². The molecule has 0 aliphatic heterocycles. The molecular weight excluding hydrogens is 259 g/mol. The fourth-order valence-corrected chi connectivity index (χ4v) is 1.24. The van der Waals surface area contributed by atoms with Crippen molar-refractivity contribution in [2.45, 2.75) is 12.8 Å². The maximum absolute atomic E-state index is 13.5. The Morgan fingerprint density at radius 3 is 2.74 bits per heavy atom. The second kappa shape index (κ2) is 7.44. The van der Waals surface area contributed by atoms with Crippen molar-refractivity contribution >= 4 is 5.91 Å². The quantitative estimate of drug-likeness (QED) is 0.816. The van der Waals surface area contributed by atoms with E-state index in [9.17, 15) is 18.0 Å². The molecule has 0 spiro atoms. The minimum atomic E-state index is -2.66. The lowest BCUT2D eigenvalue weighted by Crippen LogP contribution is -2.28. The van der Waals surface area contributed by atoms with Crippen molar-refractivity contribution in [3.63, 3.8) is 0 Å². The number of amides is 1. The average Bonchev–Trinajstić information content (AvgIpc) is 2.38. The Morgan fingerprint density at radius 2 is 2.16 bits per heavy atom. The van der Waals surface area contributed by atoms with Crippen molar-refractivity contribution < 1.29 is 23.1 Å². The average molecular weight is 271 g/mol. The fraction of sp³-hybridized carbons (Fsp3) is 0.308. The number of carbonyl (C=O) groups is 1. The lowest BCUT2D eigenvalue weighted by Gasteiger charge is -2.05. The van der Waals surface area contributed by atoms with Gasteiger partial charge < -0.3 is 10.4 Å². The molecule has 0 radical (unpaired) electrons. The number of aliphatic hydroxyl groups excluding tert-OH is 1. The van der Waals surface area contributed by atoms with Crippen molar-refractivity contribution in [1.82, 2.24) is 5.32 Å². The monoisotopic (exact) mass is 271 g/mol. The first-order chi connectivity index (χ1) is 9.04. The van der Waals surface area contributed by atoms with Gasteiger partial charge in [-0.2, -0.15) is 0 Å². The summed E-state index contributed by atoms with van der Waals surface area (Å²) in [7, 11) is 0. The van der Waals surface area contributed by atoms with Gasteiger partial charge in [0.2, 0.25) is 0 Å². The van der Waals surface area contributed by atoms with Gasteiger partial charge >= 0.3 is 0 Å². The summed E-state index contributed by atoms with van der Waals surface area (Å²) in [6.07, 6.45) is -2.44. The molecule has 0 saturated heterocycles. The molecule has 2 N–H and O–H groups in total. The van der Waals surface area contributed by atoms with Gasteiger partial charge in [-0.05, 0) is 18.2 Å². The second-order valence-corrected chi connectivity index (χ2v) is 3.57. The Labute approximate surface area is 108 Å². The zero-order chi connectivity index (χ0) is 14.3. The van der Waals surface area contributed by atoms with Crippen molar-refractivity contribution in [2.75, 3.05) is 13.2 Å². The van der Waals surface area contributed by atoms with E-state index in [2.05, 4.69) is 11.8 Å². The van der Waals surface area contributed by atoms with E-state index in [1.54, 1.807) is 0 Å². The highest BCUT2D eigenvalue weighted by atomic mass is 19.3. The summed E-state index contributed by atoms with van der Waals surface area (Å²) in [5, 5.41) is 10.5. The van der Waals surface area contributed by atoms with Crippen LogP contribution in [0.4, 0.5) is 13.2 Å². The van der Waals surface area contributed by atoms with Gasteiger partial charge in [0.15, 0.2) is 0 Å². The number of nitrogens with one attached hydrogen (secondary N) is 1. The number of alkyl halides is 2. The summed E-state index contributed by atoms with van der Waals surface area (Å²) in [6, 6.07) is 3.52. The highest BCUT2D eigenvalue weighted by Gasteiger charge is 2.10. The highest BCUT2D eigenvalue weighted by Crippen LogP contribution is 2.09. The standard InChI is InChI=1S/C13H12F3NO2/c14-11-7-10(13(19)17-8-12(15)16)5-4-9(11)3-1-2-6-18/h4-5,7,12,18H,2,6,8H2,(H,17,19). The van der Waals surface area contributed by atoms with E-state index in [-0.39, 0.29) is 24.2 Å². The summed E-state index contributed by atoms with van der Waals surface area (Å²) in [4.78, 5) is 11.4. The van der Waals surface area contributed by atoms with Crippen molar-refractivity contribution in [1.29, 1.82) is 0 Å². The lowest BCUT2D eigenvalue weighted by atomic mass is 10.1. The van der Waals surface area contributed by atoms with Crippen LogP contribution in [0.1, 0.15) is 22.3 Å². The molecule has 0 bridgehead atoms. The molecule has 0 aliphatic rings. The molecule has 0 fully saturated rings. The Balaban J connectivity index is 2.77. The van der Waals surface area contributed by atoms with Crippen LogP contribution in [0, 0.1) is 17.7 Å². The third-order valence-electron chi connectivity index (χ3n) is 2.11. The molecule has 3 nitrogen and oxygen atoms in total. The lowest BCUT2D eigenvalue weighted by molar-refractivity contribution is 0.0891.